The van der Waals surface area contributed by atoms with Gasteiger partial charge in [0.25, 0.3) is 0 Å². The van der Waals surface area contributed by atoms with Crippen molar-refractivity contribution in [1.82, 2.24) is 14.5 Å². The Morgan fingerprint density at radius 1 is 1.33 bits per heavy atom. The van der Waals surface area contributed by atoms with E-state index in [9.17, 15) is 0 Å². The number of ether oxygens (including phenoxy) is 1. The number of aromatic nitrogens is 3. The molecule has 0 aliphatic carbocycles. The van der Waals surface area contributed by atoms with Crippen molar-refractivity contribution in [2.45, 2.75) is 20.4 Å². The van der Waals surface area contributed by atoms with E-state index in [1.54, 1.807) is 0 Å². The normalized spacial score (nSPS) is 11.8. The van der Waals surface area contributed by atoms with E-state index in [4.69, 9.17) is 17.0 Å². The molecule has 1 N–H and O–H groups in total. The third-order valence-corrected chi connectivity index (χ3v) is 3.74. The first-order valence-corrected chi connectivity index (χ1v) is 7.61. The third kappa shape index (κ3) is 2.84. The van der Waals surface area contributed by atoms with Gasteiger partial charge in [-0.1, -0.05) is 32.0 Å². The molecule has 0 bridgehead atoms. The molecule has 2 heterocycles. The van der Waals surface area contributed by atoms with E-state index < -0.39 is 0 Å². The first kappa shape index (κ1) is 14.2. The number of benzene rings is 1. The number of hydrogen-bond donors (Lipinski definition) is 1. The lowest BCUT2D eigenvalue weighted by Crippen LogP contribution is -2.09. The molecule has 0 aliphatic rings. The Balaban J connectivity index is 1.99. The van der Waals surface area contributed by atoms with Crippen LogP contribution in [0.25, 0.3) is 21.9 Å². The van der Waals surface area contributed by atoms with Gasteiger partial charge in [0.2, 0.25) is 0 Å². The maximum Gasteiger partial charge on any atom is 0.178 e. The number of pyridine rings is 1. The molecular weight excluding hydrogens is 282 g/mol. The highest BCUT2D eigenvalue weighted by molar-refractivity contribution is 7.71. The zero-order chi connectivity index (χ0) is 14.8. The molecule has 3 aromatic rings. The molecule has 0 amide bonds. The Morgan fingerprint density at radius 3 is 2.95 bits per heavy atom. The van der Waals surface area contributed by atoms with Crippen molar-refractivity contribution in [2.24, 2.45) is 5.92 Å². The molecule has 110 valence electrons. The summed E-state index contributed by atoms with van der Waals surface area (Å²) in [6.45, 7) is 6.49. The maximum atomic E-state index is 5.69. The van der Waals surface area contributed by atoms with Crippen LogP contribution in [0.3, 0.4) is 0 Å². The Labute approximate surface area is 128 Å². The van der Waals surface area contributed by atoms with Crippen molar-refractivity contribution in [2.75, 3.05) is 13.2 Å². The summed E-state index contributed by atoms with van der Waals surface area (Å²) in [4.78, 5) is 7.69. The number of rotatable bonds is 5. The van der Waals surface area contributed by atoms with Crippen LogP contribution in [-0.4, -0.2) is 27.7 Å². The highest BCUT2D eigenvalue weighted by atomic mass is 32.1. The molecule has 2 aromatic heterocycles. The Morgan fingerprint density at radius 2 is 2.14 bits per heavy atom. The molecule has 0 aliphatic heterocycles. The van der Waals surface area contributed by atoms with Crippen LogP contribution < -0.4 is 0 Å². The topological polar surface area (TPSA) is 42.8 Å². The van der Waals surface area contributed by atoms with E-state index in [1.807, 2.05) is 24.4 Å². The van der Waals surface area contributed by atoms with Crippen molar-refractivity contribution in [1.29, 1.82) is 0 Å². The van der Waals surface area contributed by atoms with Gasteiger partial charge in [0.1, 0.15) is 0 Å². The minimum Gasteiger partial charge on any atom is -0.379 e. The lowest BCUT2D eigenvalue weighted by atomic mass is 10.2. The zero-order valence-electron chi connectivity index (χ0n) is 12.3. The van der Waals surface area contributed by atoms with E-state index in [0.29, 0.717) is 12.5 Å². The third-order valence-electron chi connectivity index (χ3n) is 3.41. The fourth-order valence-corrected chi connectivity index (χ4v) is 2.77. The minimum absolute atomic E-state index is 0.547. The van der Waals surface area contributed by atoms with E-state index in [2.05, 4.69) is 34.4 Å². The number of fused-ring (bicyclic) bond motifs is 3. The van der Waals surface area contributed by atoms with Crippen LogP contribution >= 0.6 is 12.2 Å². The van der Waals surface area contributed by atoms with Crippen LogP contribution in [0.15, 0.2) is 30.5 Å². The monoisotopic (exact) mass is 301 g/mol. The average molecular weight is 301 g/mol. The Bertz CT molecular complexity index is 819. The quantitative estimate of drug-likeness (QED) is 0.574. The van der Waals surface area contributed by atoms with Gasteiger partial charge in [-0.05, 0) is 24.2 Å². The van der Waals surface area contributed by atoms with Gasteiger partial charge in [-0.25, -0.2) is 0 Å². The van der Waals surface area contributed by atoms with E-state index in [1.165, 1.54) is 0 Å². The standard InChI is InChI=1S/C16H19N3OS/c1-11(2)10-20-8-7-19-15-12-5-3-4-6-13(12)17-9-14(15)18-16(19)21/h3-6,9,11H,7-8,10H2,1-2H3,(H,18,21). The second kappa shape index (κ2) is 5.95. The van der Waals surface area contributed by atoms with E-state index in [-0.39, 0.29) is 0 Å². The molecular formula is C16H19N3OS. The smallest absolute Gasteiger partial charge is 0.178 e. The van der Waals surface area contributed by atoms with Crippen LogP contribution in [0, 0.1) is 10.7 Å². The minimum atomic E-state index is 0.547. The van der Waals surface area contributed by atoms with Gasteiger partial charge < -0.3 is 14.3 Å². The van der Waals surface area contributed by atoms with Gasteiger partial charge in [-0.15, -0.1) is 0 Å². The highest BCUT2D eigenvalue weighted by Gasteiger charge is 2.09. The van der Waals surface area contributed by atoms with Crippen LogP contribution in [-0.2, 0) is 11.3 Å². The molecule has 21 heavy (non-hydrogen) atoms. The molecule has 5 heteroatoms. The molecule has 0 unspecified atom stereocenters. The summed E-state index contributed by atoms with van der Waals surface area (Å²) < 4.78 is 8.51. The van der Waals surface area contributed by atoms with Gasteiger partial charge in [0.05, 0.1) is 29.4 Å². The van der Waals surface area contributed by atoms with Crippen molar-refractivity contribution < 1.29 is 4.74 Å². The van der Waals surface area contributed by atoms with Gasteiger partial charge >= 0.3 is 0 Å². The molecule has 1 aromatic carbocycles. The summed E-state index contributed by atoms with van der Waals surface area (Å²) in [5.41, 5.74) is 3.07. The molecule has 0 spiro atoms. The highest BCUT2D eigenvalue weighted by Crippen LogP contribution is 2.23. The predicted octanol–water partition coefficient (Wildman–Crippen LogP) is 3.92. The molecule has 0 fully saturated rings. The molecule has 0 saturated heterocycles. The Kier molecular flexibility index (Phi) is 4.03. The van der Waals surface area contributed by atoms with Crippen LogP contribution in [0.1, 0.15) is 13.8 Å². The molecule has 3 rings (SSSR count). The van der Waals surface area contributed by atoms with Gasteiger partial charge in [-0.3, -0.25) is 4.98 Å². The van der Waals surface area contributed by atoms with Crippen molar-refractivity contribution in [3.63, 3.8) is 0 Å². The van der Waals surface area contributed by atoms with Crippen molar-refractivity contribution in [3.05, 3.63) is 35.2 Å². The fraction of sp³-hybridized carbons (Fsp3) is 0.375. The number of hydrogen-bond acceptors (Lipinski definition) is 3. The predicted molar refractivity (Wildman–Crippen MR) is 88.1 cm³/mol. The SMILES string of the molecule is CC(C)COCCn1c(=S)[nH]c2cnc3ccccc3c21. The number of nitrogens with zero attached hydrogens (tertiary/aromatic N) is 2. The van der Waals surface area contributed by atoms with Crippen LogP contribution in [0.5, 0.6) is 0 Å². The maximum absolute atomic E-state index is 5.69. The lowest BCUT2D eigenvalue weighted by molar-refractivity contribution is 0.103. The van der Waals surface area contributed by atoms with Crippen LogP contribution in [0.4, 0.5) is 0 Å². The number of aromatic amines is 1. The summed E-state index contributed by atoms with van der Waals surface area (Å²) in [5, 5.41) is 1.12. The summed E-state index contributed by atoms with van der Waals surface area (Å²) in [6.07, 6.45) is 1.85. The summed E-state index contributed by atoms with van der Waals surface area (Å²) in [6, 6.07) is 8.13. The second-order valence-corrected chi connectivity index (χ2v) is 5.97. The molecule has 0 saturated carbocycles. The summed E-state index contributed by atoms with van der Waals surface area (Å²) >= 11 is 5.44. The van der Waals surface area contributed by atoms with Gasteiger partial charge in [0, 0.05) is 18.5 Å². The molecule has 4 nitrogen and oxygen atoms in total. The first-order chi connectivity index (χ1) is 10.2. The largest absolute Gasteiger partial charge is 0.379 e. The Hall–Kier alpha value is -1.72. The van der Waals surface area contributed by atoms with E-state index >= 15 is 0 Å². The number of imidazole rings is 1. The molecule has 0 atom stereocenters. The first-order valence-electron chi connectivity index (χ1n) is 7.21. The van der Waals surface area contributed by atoms with Crippen molar-refractivity contribution in [3.8, 4) is 0 Å². The van der Waals surface area contributed by atoms with Crippen LogP contribution in [0.2, 0.25) is 0 Å². The number of para-hydroxylation sites is 1. The number of H-pyrrole nitrogens is 1. The lowest BCUT2D eigenvalue weighted by Gasteiger charge is -2.09. The summed E-state index contributed by atoms with van der Waals surface area (Å²) in [5.74, 6) is 0.547. The zero-order valence-corrected chi connectivity index (χ0v) is 13.1. The van der Waals surface area contributed by atoms with Gasteiger partial charge in [0.15, 0.2) is 4.77 Å². The van der Waals surface area contributed by atoms with Gasteiger partial charge in [-0.2, -0.15) is 0 Å². The second-order valence-electron chi connectivity index (χ2n) is 5.59. The number of nitrogens with one attached hydrogen (secondary N) is 1. The van der Waals surface area contributed by atoms with Crippen molar-refractivity contribution >= 4 is 34.2 Å². The summed E-state index contributed by atoms with van der Waals surface area (Å²) in [7, 11) is 0. The van der Waals surface area contributed by atoms with E-state index in [0.717, 1.165) is 39.9 Å². The average Bonchev–Trinajstić information content (AvgIpc) is 2.79. The molecule has 0 radical (unpaired) electrons. The fourth-order valence-electron chi connectivity index (χ4n) is 2.48.